The maximum Gasteiger partial charge on any atom is 0.314 e. The molecule has 0 aromatic heterocycles. The Hall–Kier alpha value is -1.33. The number of hydrogen-bond acceptors (Lipinski definition) is 3. The van der Waals surface area contributed by atoms with Crippen LogP contribution in [0.15, 0.2) is 24.3 Å². The summed E-state index contributed by atoms with van der Waals surface area (Å²) in [6.07, 6.45) is 0.807. The van der Waals surface area contributed by atoms with Gasteiger partial charge in [-0.1, -0.05) is 36.6 Å². The Kier molecular flexibility index (Phi) is 2.91. The molecule has 1 aromatic carbocycles. The lowest BCUT2D eigenvalue weighted by Gasteiger charge is -2.50. The zero-order valence-electron chi connectivity index (χ0n) is 11.0. The lowest BCUT2D eigenvalue weighted by Crippen LogP contribution is -2.59. The third-order valence-electron chi connectivity index (χ3n) is 4.28. The van der Waals surface area contributed by atoms with Crippen molar-refractivity contribution in [1.29, 1.82) is 0 Å². The van der Waals surface area contributed by atoms with E-state index in [0.717, 1.165) is 12.8 Å². The predicted molar refractivity (Wildman–Crippen MR) is 72.3 cm³/mol. The van der Waals surface area contributed by atoms with Crippen molar-refractivity contribution in [3.05, 3.63) is 29.8 Å². The van der Waals surface area contributed by atoms with E-state index in [1.165, 1.54) is 5.46 Å². The van der Waals surface area contributed by atoms with Crippen LogP contribution < -0.4 is 5.46 Å². The Morgan fingerprint density at radius 3 is 2.26 bits per heavy atom. The molecule has 0 amide bonds. The van der Waals surface area contributed by atoms with E-state index in [1.807, 2.05) is 24.3 Å². The van der Waals surface area contributed by atoms with Crippen molar-refractivity contribution in [1.82, 2.24) is 0 Å². The van der Waals surface area contributed by atoms with Crippen LogP contribution in [0.1, 0.15) is 18.4 Å². The second-order valence-corrected chi connectivity index (χ2v) is 5.40. The zero-order valence-corrected chi connectivity index (χ0v) is 11.0. The lowest BCUT2D eigenvalue weighted by molar-refractivity contribution is -0.243. The minimum Gasteiger partial charge on any atom is -0.481 e. The minimum atomic E-state index is -0.851. The number of ether oxygens (including phenoxy) is 2. The smallest absolute Gasteiger partial charge is 0.314 e. The SMILES string of the molecule is CBc1ccc(C2(C(=O)O)CC3(C2)OCCO3)cc1. The van der Waals surface area contributed by atoms with Crippen molar-refractivity contribution in [2.24, 2.45) is 0 Å². The van der Waals surface area contributed by atoms with Gasteiger partial charge in [0.2, 0.25) is 0 Å². The molecule has 1 aliphatic heterocycles. The van der Waals surface area contributed by atoms with Crippen molar-refractivity contribution in [2.45, 2.75) is 30.9 Å². The van der Waals surface area contributed by atoms with E-state index in [0.29, 0.717) is 26.1 Å². The van der Waals surface area contributed by atoms with Gasteiger partial charge in [0.1, 0.15) is 5.41 Å². The highest BCUT2D eigenvalue weighted by atomic mass is 16.7. The third kappa shape index (κ3) is 1.88. The van der Waals surface area contributed by atoms with Gasteiger partial charge in [0.05, 0.1) is 13.2 Å². The van der Waals surface area contributed by atoms with Gasteiger partial charge in [0.15, 0.2) is 13.1 Å². The van der Waals surface area contributed by atoms with Crippen LogP contribution >= 0.6 is 0 Å². The molecule has 4 nitrogen and oxygen atoms in total. The van der Waals surface area contributed by atoms with E-state index in [1.54, 1.807) is 0 Å². The second kappa shape index (κ2) is 4.35. The van der Waals surface area contributed by atoms with Crippen LogP contribution in [0.5, 0.6) is 0 Å². The van der Waals surface area contributed by atoms with Gasteiger partial charge in [-0.15, -0.1) is 0 Å². The van der Waals surface area contributed by atoms with E-state index in [2.05, 4.69) is 6.82 Å². The highest BCUT2D eigenvalue weighted by Crippen LogP contribution is 2.54. The molecule has 1 heterocycles. The first-order chi connectivity index (χ1) is 9.10. The molecule has 1 saturated heterocycles. The van der Waals surface area contributed by atoms with Gasteiger partial charge < -0.3 is 14.6 Å². The summed E-state index contributed by atoms with van der Waals surface area (Å²) in [5.41, 5.74) is 1.21. The number of carboxylic acids is 1. The fourth-order valence-electron chi connectivity index (χ4n) is 3.11. The first-order valence-electron chi connectivity index (χ1n) is 6.71. The van der Waals surface area contributed by atoms with Gasteiger partial charge in [0.25, 0.3) is 0 Å². The standard InChI is InChI=1S/C14H17BO4/c1-15-11-4-2-10(3-5-11)13(12(16)17)8-14(9-13)18-6-7-19-14/h2-5,15H,6-9H2,1H3,(H,16,17). The molecule has 1 aliphatic carbocycles. The number of rotatable bonds is 3. The molecule has 0 unspecified atom stereocenters. The molecule has 19 heavy (non-hydrogen) atoms. The van der Waals surface area contributed by atoms with Gasteiger partial charge in [-0.3, -0.25) is 4.79 Å². The molecular formula is C14H17BO4. The second-order valence-electron chi connectivity index (χ2n) is 5.40. The quantitative estimate of drug-likeness (QED) is 0.811. The fourth-order valence-corrected chi connectivity index (χ4v) is 3.11. The Morgan fingerprint density at radius 1 is 1.21 bits per heavy atom. The number of carboxylic acid groups (broad SMARTS) is 1. The Bertz CT molecular complexity index is 483. The van der Waals surface area contributed by atoms with Crippen LogP contribution in [0.4, 0.5) is 0 Å². The molecular weight excluding hydrogens is 243 g/mol. The fraction of sp³-hybridized carbons (Fsp3) is 0.500. The Labute approximate surface area is 113 Å². The number of aliphatic carboxylic acids is 1. The molecule has 5 heteroatoms. The number of benzene rings is 1. The normalized spacial score (nSPS) is 23.0. The van der Waals surface area contributed by atoms with Crippen LogP contribution in [0, 0.1) is 0 Å². The van der Waals surface area contributed by atoms with Crippen LogP contribution in [-0.4, -0.2) is 37.4 Å². The van der Waals surface area contributed by atoms with Crippen molar-refractivity contribution in [3.8, 4) is 0 Å². The molecule has 1 N–H and O–H groups in total. The van der Waals surface area contributed by atoms with Gasteiger partial charge in [-0.05, 0) is 5.56 Å². The summed E-state index contributed by atoms with van der Waals surface area (Å²) in [6, 6.07) is 7.85. The molecule has 1 aromatic rings. The molecule has 3 rings (SSSR count). The van der Waals surface area contributed by atoms with Gasteiger partial charge in [-0.25, -0.2) is 0 Å². The Balaban J connectivity index is 1.88. The predicted octanol–water partition coefficient (Wildman–Crippen LogP) is 0.656. The number of hydrogen-bond donors (Lipinski definition) is 1. The van der Waals surface area contributed by atoms with Gasteiger partial charge in [0, 0.05) is 12.8 Å². The van der Waals surface area contributed by atoms with Crippen LogP contribution in [0.3, 0.4) is 0 Å². The van der Waals surface area contributed by atoms with E-state index in [4.69, 9.17) is 9.47 Å². The maximum atomic E-state index is 11.7. The molecule has 100 valence electrons. The average Bonchev–Trinajstić information content (AvgIpc) is 2.85. The van der Waals surface area contributed by atoms with E-state index < -0.39 is 17.2 Å². The van der Waals surface area contributed by atoms with Crippen LogP contribution in [-0.2, 0) is 19.7 Å². The molecule has 0 radical (unpaired) electrons. The third-order valence-corrected chi connectivity index (χ3v) is 4.28. The zero-order chi connectivity index (χ0) is 13.5. The van der Waals surface area contributed by atoms with Crippen LogP contribution in [0.25, 0.3) is 0 Å². The molecule has 0 atom stereocenters. The highest BCUT2D eigenvalue weighted by Gasteiger charge is 2.63. The van der Waals surface area contributed by atoms with E-state index >= 15 is 0 Å². The summed E-state index contributed by atoms with van der Waals surface area (Å²) in [6.45, 7) is 3.20. The average molecular weight is 260 g/mol. The molecule has 1 saturated carbocycles. The number of carbonyl (C=O) groups is 1. The maximum absolute atomic E-state index is 11.7. The van der Waals surface area contributed by atoms with Crippen LogP contribution in [0.2, 0.25) is 6.82 Å². The van der Waals surface area contributed by atoms with Gasteiger partial charge >= 0.3 is 5.97 Å². The van der Waals surface area contributed by atoms with E-state index in [9.17, 15) is 9.90 Å². The molecule has 2 fully saturated rings. The van der Waals surface area contributed by atoms with Crippen molar-refractivity contribution in [2.75, 3.05) is 13.2 Å². The summed E-state index contributed by atoms with van der Waals surface area (Å²) in [5.74, 6) is -1.44. The lowest BCUT2D eigenvalue weighted by atomic mass is 9.60. The summed E-state index contributed by atoms with van der Waals surface area (Å²) in [5, 5.41) is 9.60. The monoisotopic (exact) mass is 260 g/mol. The van der Waals surface area contributed by atoms with Gasteiger partial charge in [-0.2, -0.15) is 0 Å². The highest BCUT2D eigenvalue weighted by molar-refractivity contribution is 6.51. The summed E-state index contributed by atoms with van der Waals surface area (Å²) in [7, 11) is 0.955. The summed E-state index contributed by atoms with van der Waals surface area (Å²) < 4.78 is 11.1. The minimum absolute atomic E-state index is 0.404. The summed E-state index contributed by atoms with van der Waals surface area (Å²) in [4.78, 5) is 11.7. The first kappa shape index (κ1) is 12.7. The van der Waals surface area contributed by atoms with Crippen molar-refractivity contribution >= 4 is 18.7 Å². The topological polar surface area (TPSA) is 55.8 Å². The van der Waals surface area contributed by atoms with Crippen molar-refractivity contribution in [3.63, 3.8) is 0 Å². The Morgan fingerprint density at radius 2 is 1.79 bits per heavy atom. The summed E-state index contributed by atoms with van der Waals surface area (Å²) >= 11 is 0. The molecule has 1 spiro atoms. The first-order valence-corrected chi connectivity index (χ1v) is 6.71. The largest absolute Gasteiger partial charge is 0.481 e. The molecule has 2 aliphatic rings. The van der Waals surface area contributed by atoms with E-state index in [-0.39, 0.29) is 0 Å². The van der Waals surface area contributed by atoms with Crippen molar-refractivity contribution < 1.29 is 19.4 Å². The molecule has 0 bridgehead atoms.